The molecule has 148 valence electrons. The maximum absolute atomic E-state index is 14.2. The highest BCUT2D eigenvalue weighted by atomic mass is 31.2. The molecule has 30 heavy (non-hydrogen) atoms. The lowest BCUT2D eigenvalue weighted by Crippen LogP contribution is -2.17. The summed E-state index contributed by atoms with van der Waals surface area (Å²) in [6, 6.07) is 35.8. The fraction of sp³-hybridized carbons (Fsp3) is 0.0741. The Kier molecular flexibility index (Phi) is 6.07. The Morgan fingerprint density at radius 2 is 1.00 bits per heavy atom. The molecule has 0 fully saturated rings. The van der Waals surface area contributed by atoms with Crippen molar-refractivity contribution in [2.75, 3.05) is 0 Å². The quantitative estimate of drug-likeness (QED) is 0.293. The van der Waals surface area contributed by atoms with Crippen LogP contribution < -0.4 is 10.6 Å². The normalized spacial score (nSPS) is 11.2. The molecular formula is C27H23O2P. The Labute approximate surface area is 177 Å². The Hall–Kier alpha value is -3.22. The van der Waals surface area contributed by atoms with Gasteiger partial charge < -0.3 is 9.36 Å². The lowest BCUT2D eigenvalue weighted by molar-refractivity contribution is -0.107. The van der Waals surface area contributed by atoms with E-state index in [9.17, 15) is 9.36 Å². The molecule has 0 amide bonds. The zero-order chi connectivity index (χ0) is 20.8. The van der Waals surface area contributed by atoms with Crippen molar-refractivity contribution in [3.8, 4) is 11.1 Å². The maximum atomic E-state index is 14.2. The van der Waals surface area contributed by atoms with Crippen molar-refractivity contribution in [1.82, 2.24) is 0 Å². The van der Waals surface area contributed by atoms with Crippen LogP contribution in [0.3, 0.4) is 0 Å². The molecule has 3 heteroatoms. The van der Waals surface area contributed by atoms with Gasteiger partial charge in [-0.15, -0.1) is 0 Å². The number of benzene rings is 4. The Bertz CT molecular complexity index is 1110. The van der Waals surface area contributed by atoms with Crippen molar-refractivity contribution in [2.45, 2.75) is 12.6 Å². The predicted octanol–water partition coefficient (Wildman–Crippen LogP) is 5.61. The van der Waals surface area contributed by atoms with E-state index < -0.39 is 7.14 Å². The van der Waals surface area contributed by atoms with Gasteiger partial charge in [0.15, 0.2) is 0 Å². The van der Waals surface area contributed by atoms with Crippen molar-refractivity contribution in [1.29, 1.82) is 0 Å². The number of carbonyl (C=O) groups excluding carboxylic acids is 1. The van der Waals surface area contributed by atoms with Gasteiger partial charge in [-0.3, -0.25) is 0 Å². The summed E-state index contributed by atoms with van der Waals surface area (Å²) in [6.07, 6.45) is 1.84. The minimum Gasteiger partial charge on any atom is -0.313 e. The predicted molar refractivity (Wildman–Crippen MR) is 125 cm³/mol. The van der Waals surface area contributed by atoms with Crippen LogP contribution in [0.4, 0.5) is 0 Å². The molecule has 0 aliphatic heterocycles. The van der Waals surface area contributed by atoms with Gasteiger partial charge in [-0.05, 0) is 22.3 Å². The molecule has 4 aromatic carbocycles. The van der Waals surface area contributed by atoms with Gasteiger partial charge in [0.25, 0.3) is 0 Å². The van der Waals surface area contributed by atoms with E-state index in [1.807, 2.05) is 84.9 Å². The second-order valence-electron chi connectivity index (χ2n) is 7.33. The molecule has 0 aliphatic carbocycles. The molecule has 0 heterocycles. The van der Waals surface area contributed by atoms with E-state index in [0.29, 0.717) is 12.6 Å². The third kappa shape index (κ3) is 4.35. The Balaban J connectivity index is 1.63. The van der Waals surface area contributed by atoms with Crippen molar-refractivity contribution >= 4 is 24.0 Å². The third-order valence-electron chi connectivity index (χ3n) is 5.31. The largest absolute Gasteiger partial charge is 0.313 e. The fourth-order valence-electron chi connectivity index (χ4n) is 3.66. The third-order valence-corrected chi connectivity index (χ3v) is 8.39. The van der Waals surface area contributed by atoms with Gasteiger partial charge in [0.1, 0.15) is 13.4 Å². The zero-order valence-electron chi connectivity index (χ0n) is 16.6. The van der Waals surface area contributed by atoms with Gasteiger partial charge in [0.05, 0.1) is 0 Å². The van der Waals surface area contributed by atoms with E-state index in [1.165, 1.54) is 0 Å². The zero-order valence-corrected chi connectivity index (χ0v) is 17.5. The van der Waals surface area contributed by atoms with Gasteiger partial charge in [-0.1, -0.05) is 109 Å². The highest BCUT2D eigenvalue weighted by molar-refractivity contribution is 7.78. The summed E-state index contributed by atoms with van der Waals surface area (Å²) in [5.74, 6) is 0. The highest BCUT2D eigenvalue weighted by Crippen LogP contribution is 2.47. The first kappa shape index (κ1) is 20.1. The molecule has 0 saturated carbocycles. The summed E-state index contributed by atoms with van der Waals surface area (Å²) in [6.45, 7) is 0. The molecule has 4 rings (SSSR count). The molecule has 0 aliphatic rings. The average Bonchev–Trinajstić information content (AvgIpc) is 2.81. The van der Waals surface area contributed by atoms with E-state index in [-0.39, 0.29) is 0 Å². The first-order chi connectivity index (χ1) is 14.7. The molecular weight excluding hydrogens is 387 g/mol. The molecule has 0 spiro atoms. The molecule has 0 radical (unpaired) electrons. The van der Waals surface area contributed by atoms with Crippen LogP contribution in [0.2, 0.25) is 0 Å². The number of hydrogen-bond acceptors (Lipinski definition) is 2. The fourth-order valence-corrected chi connectivity index (χ4v) is 6.35. The van der Waals surface area contributed by atoms with Crippen LogP contribution >= 0.6 is 7.14 Å². The number of hydrogen-bond donors (Lipinski definition) is 0. The number of carbonyl (C=O) groups is 1. The van der Waals surface area contributed by atoms with Gasteiger partial charge in [-0.2, -0.15) is 0 Å². The lowest BCUT2D eigenvalue weighted by atomic mass is 10.0. The molecule has 0 atom stereocenters. The van der Waals surface area contributed by atoms with E-state index in [1.54, 1.807) is 0 Å². The molecule has 0 aromatic heterocycles. The standard InChI is InChI=1S/C27H23O2P/c28-20-19-22-11-15-24(16-12-22)25-17-13-23(14-18-25)21-30(29,26-7-3-1-4-8-26)27-9-5-2-6-10-27/h1-18,20H,19,21H2. The van der Waals surface area contributed by atoms with Gasteiger partial charge in [0, 0.05) is 23.2 Å². The number of rotatable bonds is 7. The highest BCUT2D eigenvalue weighted by Gasteiger charge is 2.27. The van der Waals surface area contributed by atoms with Crippen molar-refractivity contribution in [3.05, 3.63) is 120 Å². The van der Waals surface area contributed by atoms with E-state index in [4.69, 9.17) is 0 Å². The molecule has 4 aromatic rings. The van der Waals surface area contributed by atoms with Crippen molar-refractivity contribution < 1.29 is 9.36 Å². The first-order valence-corrected chi connectivity index (χ1v) is 11.9. The number of aldehydes is 1. The smallest absolute Gasteiger partial charge is 0.147 e. The molecule has 0 N–H and O–H groups in total. The first-order valence-electron chi connectivity index (χ1n) is 10.0. The summed E-state index contributed by atoms with van der Waals surface area (Å²) in [7, 11) is -2.78. The van der Waals surface area contributed by atoms with Crippen LogP contribution in [0.5, 0.6) is 0 Å². The summed E-state index contributed by atoms with van der Waals surface area (Å²) in [5, 5.41) is 1.76. The second kappa shape index (κ2) is 9.07. The van der Waals surface area contributed by atoms with E-state index in [0.717, 1.165) is 39.1 Å². The maximum Gasteiger partial charge on any atom is 0.147 e. The van der Waals surface area contributed by atoms with Crippen LogP contribution in [-0.4, -0.2) is 6.29 Å². The molecule has 0 bridgehead atoms. The molecule has 0 unspecified atom stereocenters. The molecule has 0 saturated heterocycles. The topological polar surface area (TPSA) is 34.1 Å². The van der Waals surface area contributed by atoms with Gasteiger partial charge in [-0.25, -0.2) is 0 Å². The van der Waals surface area contributed by atoms with Gasteiger partial charge in [0.2, 0.25) is 0 Å². The van der Waals surface area contributed by atoms with E-state index in [2.05, 4.69) is 24.3 Å². The van der Waals surface area contributed by atoms with Crippen LogP contribution in [0.1, 0.15) is 11.1 Å². The molecule has 2 nitrogen and oxygen atoms in total. The Morgan fingerprint density at radius 3 is 1.43 bits per heavy atom. The second-order valence-corrected chi connectivity index (χ2v) is 10.2. The van der Waals surface area contributed by atoms with Crippen molar-refractivity contribution in [3.63, 3.8) is 0 Å². The van der Waals surface area contributed by atoms with Crippen LogP contribution in [0.15, 0.2) is 109 Å². The van der Waals surface area contributed by atoms with Crippen molar-refractivity contribution in [2.24, 2.45) is 0 Å². The van der Waals surface area contributed by atoms with Crippen LogP contribution in [-0.2, 0) is 21.9 Å². The average molecular weight is 410 g/mol. The summed E-state index contributed by atoms with van der Waals surface area (Å²) in [4.78, 5) is 10.7. The van der Waals surface area contributed by atoms with Crippen LogP contribution in [0.25, 0.3) is 11.1 Å². The summed E-state index contributed by atoms with van der Waals surface area (Å²) >= 11 is 0. The minimum absolute atomic E-state index is 0.438. The minimum atomic E-state index is -2.78. The van der Waals surface area contributed by atoms with Crippen LogP contribution in [0, 0.1) is 0 Å². The lowest BCUT2D eigenvalue weighted by Gasteiger charge is -2.19. The summed E-state index contributed by atoms with van der Waals surface area (Å²) in [5.41, 5.74) is 4.26. The summed E-state index contributed by atoms with van der Waals surface area (Å²) < 4.78 is 14.2. The van der Waals surface area contributed by atoms with Gasteiger partial charge >= 0.3 is 0 Å². The SMILES string of the molecule is O=CCc1ccc(-c2ccc(CP(=O)(c3ccccc3)c3ccccc3)cc2)cc1. The van der Waals surface area contributed by atoms with E-state index >= 15 is 0 Å². The Morgan fingerprint density at radius 1 is 0.567 bits per heavy atom. The monoisotopic (exact) mass is 410 g/mol.